The minimum Gasteiger partial charge on any atom is -0.477 e. The first-order chi connectivity index (χ1) is 17.2. The number of carbonyl (C=O) groups excluding carboxylic acids is 1. The van der Waals surface area contributed by atoms with E-state index in [-0.39, 0.29) is 17.3 Å². The lowest BCUT2D eigenvalue weighted by molar-refractivity contribution is -0.148. The van der Waals surface area contributed by atoms with E-state index in [2.05, 4.69) is 24.0 Å². The molecule has 2 heterocycles. The maximum atomic E-state index is 14.2. The van der Waals surface area contributed by atoms with Crippen LogP contribution in [0.2, 0.25) is 0 Å². The SMILES string of the molecule is C[C@H](CC#CCCc1ccccc1)[C@H](O)C=C[C@H]1CC(F)(F)C(=O)N1CCCc1ccc(C(=O)O)s1. The molecule has 8 heteroatoms. The number of aliphatic hydroxyl groups excluding tert-OH is 1. The van der Waals surface area contributed by atoms with E-state index in [9.17, 15) is 23.5 Å². The molecule has 1 aliphatic rings. The van der Waals surface area contributed by atoms with Crippen LogP contribution in [0.1, 0.15) is 52.7 Å². The molecule has 0 saturated carbocycles. The summed E-state index contributed by atoms with van der Waals surface area (Å²) in [5, 5.41) is 19.5. The van der Waals surface area contributed by atoms with Crippen LogP contribution in [0.5, 0.6) is 0 Å². The zero-order valence-electron chi connectivity index (χ0n) is 20.2. The van der Waals surface area contributed by atoms with Crippen molar-refractivity contribution in [3.63, 3.8) is 0 Å². The molecule has 5 nitrogen and oxygen atoms in total. The van der Waals surface area contributed by atoms with Gasteiger partial charge in [0.2, 0.25) is 0 Å². The maximum Gasteiger partial charge on any atom is 0.345 e. The number of rotatable bonds is 11. The van der Waals surface area contributed by atoms with Gasteiger partial charge in [-0.15, -0.1) is 23.2 Å². The molecule has 3 rings (SSSR count). The quantitative estimate of drug-likeness (QED) is 0.319. The fourth-order valence-electron chi connectivity index (χ4n) is 4.04. The third kappa shape index (κ3) is 7.74. The summed E-state index contributed by atoms with van der Waals surface area (Å²) in [5.41, 5.74) is 1.22. The normalized spacial score (nSPS) is 18.7. The summed E-state index contributed by atoms with van der Waals surface area (Å²) in [6, 6.07) is 12.5. The predicted octanol–water partition coefficient (Wildman–Crippen LogP) is 5.19. The van der Waals surface area contributed by atoms with E-state index in [0.717, 1.165) is 34.0 Å². The standard InChI is InChI=1S/C28H31F2NO4S/c1-20(9-4-2-5-10-21-11-6-3-7-12-21)24(32)16-14-22-19-28(29,30)27(35)31(22)18-8-13-23-15-17-25(36-23)26(33)34/h3,6-7,11-12,14-17,20,22,24,32H,5,8-10,13,18-19H2,1H3,(H,33,34)/t20-,22+,24-/m1/s1. The Morgan fingerprint density at radius 3 is 2.67 bits per heavy atom. The number of hydrogen-bond donors (Lipinski definition) is 2. The van der Waals surface area contributed by atoms with Crippen LogP contribution >= 0.6 is 11.3 Å². The van der Waals surface area contributed by atoms with Gasteiger partial charge in [-0.3, -0.25) is 4.79 Å². The van der Waals surface area contributed by atoms with Gasteiger partial charge in [-0.2, -0.15) is 8.78 Å². The van der Waals surface area contributed by atoms with E-state index in [1.165, 1.54) is 23.8 Å². The van der Waals surface area contributed by atoms with E-state index in [1.54, 1.807) is 6.07 Å². The monoisotopic (exact) mass is 515 g/mol. The van der Waals surface area contributed by atoms with E-state index in [4.69, 9.17) is 5.11 Å². The lowest BCUT2D eigenvalue weighted by Gasteiger charge is -2.22. The van der Waals surface area contributed by atoms with Crippen molar-refractivity contribution in [3.05, 3.63) is 69.9 Å². The highest BCUT2D eigenvalue weighted by molar-refractivity contribution is 7.13. The number of carbonyl (C=O) groups is 2. The Labute approximate surface area is 214 Å². The van der Waals surface area contributed by atoms with Crippen molar-refractivity contribution in [1.29, 1.82) is 0 Å². The highest BCUT2D eigenvalue weighted by atomic mass is 32.1. The van der Waals surface area contributed by atoms with Crippen LogP contribution in [0.15, 0.2) is 54.6 Å². The van der Waals surface area contributed by atoms with Crippen LogP contribution in [-0.2, 0) is 17.6 Å². The molecular weight excluding hydrogens is 484 g/mol. The molecule has 2 aromatic rings. The second-order valence-corrected chi connectivity index (χ2v) is 10.2. The van der Waals surface area contributed by atoms with Crippen molar-refractivity contribution < 1.29 is 28.6 Å². The summed E-state index contributed by atoms with van der Waals surface area (Å²) in [6.07, 6.45) is 4.48. The Balaban J connectivity index is 1.49. The summed E-state index contributed by atoms with van der Waals surface area (Å²) in [6.45, 7) is 1.97. The van der Waals surface area contributed by atoms with Gasteiger partial charge in [-0.05, 0) is 42.9 Å². The van der Waals surface area contributed by atoms with E-state index >= 15 is 0 Å². The summed E-state index contributed by atoms with van der Waals surface area (Å²) >= 11 is 1.14. The first-order valence-corrected chi connectivity index (χ1v) is 12.9. The van der Waals surface area contributed by atoms with Gasteiger partial charge in [0.15, 0.2) is 0 Å². The number of aromatic carboxylic acids is 1. The lowest BCUT2D eigenvalue weighted by atomic mass is 9.99. The Bertz CT molecular complexity index is 1120. The van der Waals surface area contributed by atoms with Crippen LogP contribution in [0.4, 0.5) is 8.78 Å². The smallest absolute Gasteiger partial charge is 0.345 e. The first-order valence-electron chi connectivity index (χ1n) is 12.0. The lowest BCUT2D eigenvalue weighted by Crippen LogP contribution is -2.36. The summed E-state index contributed by atoms with van der Waals surface area (Å²) in [7, 11) is 0. The van der Waals surface area contributed by atoms with Crippen molar-refractivity contribution in [1.82, 2.24) is 4.90 Å². The maximum absolute atomic E-state index is 14.2. The number of carboxylic acids is 1. The van der Waals surface area contributed by atoms with E-state index in [1.807, 2.05) is 25.1 Å². The van der Waals surface area contributed by atoms with Crippen LogP contribution in [0.3, 0.4) is 0 Å². The number of hydrogen-bond acceptors (Lipinski definition) is 4. The molecule has 0 bridgehead atoms. The molecule has 1 saturated heterocycles. The average Bonchev–Trinajstić information content (AvgIpc) is 3.41. The number of aryl methyl sites for hydroxylation is 2. The first kappa shape index (κ1) is 27.6. The van der Waals surface area contributed by atoms with E-state index < -0.39 is 36.4 Å². The molecule has 0 radical (unpaired) electrons. The summed E-state index contributed by atoms with van der Waals surface area (Å²) in [5.74, 6) is 0.370. The number of amides is 1. The van der Waals surface area contributed by atoms with Gasteiger partial charge in [-0.25, -0.2) is 4.79 Å². The Hall–Kier alpha value is -3.02. The Morgan fingerprint density at radius 1 is 1.22 bits per heavy atom. The minimum atomic E-state index is -3.44. The van der Waals surface area contributed by atoms with Gasteiger partial charge in [0.25, 0.3) is 5.91 Å². The van der Waals surface area contributed by atoms with Crippen molar-refractivity contribution in [2.75, 3.05) is 6.54 Å². The number of alkyl halides is 2. The molecule has 1 aromatic carbocycles. The van der Waals surface area contributed by atoms with Crippen LogP contribution in [0, 0.1) is 17.8 Å². The molecule has 2 N–H and O–H groups in total. The molecule has 1 aromatic heterocycles. The van der Waals surface area contributed by atoms with Gasteiger partial charge in [-0.1, -0.05) is 49.4 Å². The van der Waals surface area contributed by atoms with Crippen LogP contribution in [0.25, 0.3) is 0 Å². The molecule has 1 fully saturated rings. The van der Waals surface area contributed by atoms with Gasteiger partial charge in [0, 0.05) is 30.7 Å². The highest BCUT2D eigenvalue weighted by Crippen LogP contribution is 2.34. The second kappa shape index (κ2) is 12.8. The largest absolute Gasteiger partial charge is 0.477 e. The molecule has 1 aliphatic heterocycles. The molecule has 36 heavy (non-hydrogen) atoms. The molecule has 0 unspecified atom stereocenters. The number of halogens is 2. The molecular formula is C28H31F2NO4S. The van der Waals surface area contributed by atoms with Gasteiger partial charge in [0.05, 0.1) is 12.1 Å². The molecule has 0 aliphatic carbocycles. The summed E-state index contributed by atoms with van der Waals surface area (Å²) in [4.78, 5) is 25.5. The van der Waals surface area contributed by atoms with Crippen LogP contribution < -0.4 is 0 Å². The highest BCUT2D eigenvalue weighted by Gasteiger charge is 2.52. The molecule has 1 amide bonds. The Morgan fingerprint density at radius 2 is 1.97 bits per heavy atom. The van der Waals surface area contributed by atoms with Crippen LogP contribution in [-0.4, -0.2) is 51.6 Å². The van der Waals surface area contributed by atoms with Gasteiger partial charge < -0.3 is 15.1 Å². The molecule has 192 valence electrons. The topological polar surface area (TPSA) is 77.8 Å². The fraction of sp³-hybridized carbons (Fsp3) is 0.429. The average molecular weight is 516 g/mol. The Kier molecular flexibility index (Phi) is 9.80. The summed E-state index contributed by atoms with van der Waals surface area (Å²) < 4.78 is 28.3. The van der Waals surface area contributed by atoms with Crippen molar-refractivity contribution in [3.8, 4) is 11.8 Å². The third-order valence-electron chi connectivity index (χ3n) is 6.18. The minimum absolute atomic E-state index is 0.127. The van der Waals surface area contributed by atoms with Crippen molar-refractivity contribution in [2.45, 2.75) is 63.5 Å². The number of nitrogens with zero attached hydrogens (tertiary/aromatic N) is 1. The number of benzene rings is 1. The zero-order chi connectivity index (χ0) is 26.1. The van der Waals surface area contributed by atoms with Gasteiger partial charge in [0.1, 0.15) is 4.88 Å². The number of carboxylic acid groups (broad SMARTS) is 1. The number of aliphatic hydroxyl groups is 1. The number of likely N-dealkylation sites (tertiary alicyclic amines) is 1. The molecule has 0 spiro atoms. The van der Waals surface area contributed by atoms with Crippen molar-refractivity contribution in [2.24, 2.45) is 5.92 Å². The number of thiophene rings is 1. The van der Waals surface area contributed by atoms with E-state index in [0.29, 0.717) is 19.3 Å². The second-order valence-electron chi connectivity index (χ2n) is 9.05. The molecule has 3 atom stereocenters. The van der Waals surface area contributed by atoms with Crippen molar-refractivity contribution >= 4 is 23.2 Å². The predicted molar refractivity (Wildman–Crippen MR) is 136 cm³/mol. The fourth-order valence-corrected chi connectivity index (χ4v) is 4.92. The zero-order valence-corrected chi connectivity index (χ0v) is 21.0. The third-order valence-corrected chi connectivity index (χ3v) is 7.31. The van der Waals surface area contributed by atoms with Gasteiger partial charge >= 0.3 is 11.9 Å².